The predicted molar refractivity (Wildman–Crippen MR) is 111 cm³/mol. The molecule has 3 aromatic rings. The molecule has 0 unspecified atom stereocenters. The van der Waals surface area contributed by atoms with Gasteiger partial charge in [0.05, 0.1) is 16.8 Å². The maximum absolute atomic E-state index is 12.5. The number of anilines is 1. The topological polar surface area (TPSA) is 72.1 Å². The van der Waals surface area contributed by atoms with Gasteiger partial charge in [0.15, 0.2) is 10.9 Å². The number of halogens is 1. The fraction of sp³-hybridized carbons (Fsp3) is 0.333. The van der Waals surface area contributed by atoms with Crippen LogP contribution in [0.5, 0.6) is 0 Å². The van der Waals surface area contributed by atoms with Gasteiger partial charge in [-0.05, 0) is 43.5 Å². The third-order valence-corrected chi connectivity index (χ3v) is 6.67. The van der Waals surface area contributed by atoms with Gasteiger partial charge < -0.3 is 9.32 Å². The molecule has 0 amide bonds. The molecule has 0 radical (unpaired) electrons. The summed E-state index contributed by atoms with van der Waals surface area (Å²) in [5.41, 5.74) is 0.845. The summed E-state index contributed by atoms with van der Waals surface area (Å²) in [6.07, 6.45) is 5.34. The predicted octanol–water partition coefficient (Wildman–Crippen LogP) is 4.92. The van der Waals surface area contributed by atoms with E-state index in [0.29, 0.717) is 16.0 Å². The number of hydrogen-bond acceptors (Lipinski definition) is 8. The molecule has 3 heterocycles. The molecule has 1 aliphatic rings. The fourth-order valence-corrected chi connectivity index (χ4v) is 4.71. The molecule has 27 heavy (non-hydrogen) atoms. The van der Waals surface area contributed by atoms with Crippen LogP contribution in [0.2, 0.25) is 0 Å². The van der Waals surface area contributed by atoms with Gasteiger partial charge in [-0.15, -0.1) is 10.2 Å². The molecule has 1 aromatic carbocycles. The number of thiazole rings is 1. The summed E-state index contributed by atoms with van der Waals surface area (Å²) in [4.78, 5) is 19.8. The van der Waals surface area contributed by atoms with Crippen molar-refractivity contribution in [3.8, 4) is 11.5 Å². The molecule has 0 aliphatic carbocycles. The van der Waals surface area contributed by atoms with E-state index in [1.807, 2.05) is 24.3 Å². The Morgan fingerprint density at radius 2 is 1.96 bits per heavy atom. The average molecular weight is 465 g/mol. The van der Waals surface area contributed by atoms with E-state index in [1.165, 1.54) is 42.4 Å². The summed E-state index contributed by atoms with van der Waals surface area (Å²) >= 11 is 6.12. The quantitative estimate of drug-likeness (QED) is 0.378. The molecular formula is C18H17BrN4O2S2. The van der Waals surface area contributed by atoms with Crippen molar-refractivity contribution in [1.82, 2.24) is 15.2 Å². The third kappa shape index (κ3) is 4.59. The Labute approximate surface area is 173 Å². The molecule has 1 fully saturated rings. The molecule has 4 rings (SSSR count). The Bertz CT molecular complexity index is 920. The molecule has 0 saturated carbocycles. The van der Waals surface area contributed by atoms with Crippen LogP contribution in [0.25, 0.3) is 11.5 Å². The average Bonchev–Trinajstić information content (AvgIpc) is 3.37. The van der Waals surface area contributed by atoms with Crippen LogP contribution in [0.15, 0.2) is 44.6 Å². The molecule has 0 bridgehead atoms. The molecule has 0 N–H and O–H groups in total. The van der Waals surface area contributed by atoms with Gasteiger partial charge in [0, 0.05) is 23.1 Å². The zero-order chi connectivity index (χ0) is 18.6. The van der Waals surface area contributed by atoms with Gasteiger partial charge in [-0.25, -0.2) is 4.98 Å². The standard InChI is InChI=1S/C18H17BrN4O2S2/c19-13-6-4-12(5-7-13)16-21-22-18(25-16)26-11-14(24)15-10-20-17(27-15)23-8-2-1-3-9-23/h4-7,10H,1-3,8-9,11H2. The van der Waals surface area contributed by atoms with E-state index in [1.54, 1.807) is 6.20 Å². The van der Waals surface area contributed by atoms with Crippen LogP contribution in [-0.4, -0.2) is 39.8 Å². The first kappa shape index (κ1) is 18.6. The van der Waals surface area contributed by atoms with Crippen LogP contribution >= 0.6 is 39.0 Å². The lowest BCUT2D eigenvalue weighted by molar-refractivity contribution is 0.102. The maximum atomic E-state index is 12.5. The normalized spacial score (nSPS) is 14.5. The number of nitrogens with zero attached hydrogens (tertiary/aromatic N) is 4. The first-order chi connectivity index (χ1) is 13.2. The van der Waals surface area contributed by atoms with Crippen molar-refractivity contribution in [3.63, 3.8) is 0 Å². The minimum Gasteiger partial charge on any atom is -0.411 e. The van der Waals surface area contributed by atoms with Crippen LogP contribution in [-0.2, 0) is 0 Å². The van der Waals surface area contributed by atoms with Crippen LogP contribution in [0.1, 0.15) is 28.9 Å². The Balaban J connectivity index is 1.35. The SMILES string of the molecule is O=C(CSc1nnc(-c2ccc(Br)cc2)o1)c1cnc(N2CCCCC2)s1. The monoisotopic (exact) mass is 464 g/mol. The third-order valence-electron chi connectivity index (χ3n) is 4.22. The summed E-state index contributed by atoms with van der Waals surface area (Å²) in [6, 6.07) is 7.63. The minimum atomic E-state index is 0.0316. The van der Waals surface area contributed by atoms with Crippen molar-refractivity contribution in [1.29, 1.82) is 0 Å². The van der Waals surface area contributed by atoms with Gasteiger partial charge >= 0.3 is 0 Å². The van der Waals surface area contributed by atoms with E-state index >= 15 is 0 Å². The smallest absolute Gasteiger partial charge is 0.277 e. The maximum Gasteiger partial charge on any atom is 0.277 e. The zero-order valence-electron chi connectivity index (χ0n) is 14.4. The first-order valence-electron chi connectivity index (χ1n) is 8.65. The summed E-state index contributed by atoms with van der Waals surface area (Å²) in [5.74, 6) is 0.732. The molecule has 1 saturated heterocycles. The van der Waals surface area contributed by atoms with Crippen molar-refractivity contribution in [2.24, 2.45) is 0 Å². The second-order valence-electron chi connectivity index (χ2n) is 6.15. The van der Waals surface area contributed by atoms with Crippen LogP contribution in [0.4, 0.5) is 5.13 Å². The Morgan fingerprint density at radius 3 is 2.74 bits per heavy atom. The molecule has 140 valence electrons. The zero-order valence-corrected chi connectivity index (χ0v) is 17.6. The largest absolute Gasteiger partial charge is 0.411 e. The molecule has 1 aliphatic heterocycles. The highest BCUT2D eigenvalue weighted by Gasteiger charge is 2.18. The van der Waals surface area contributed by atoms with Crippen molar-refractivity contribution in [2.45, 2.75) is 24.5 Å². The number of Topliss-reactive ketones (excluding diaryl/α,β-unsaturated/α-hetero) is 1. The number of hydrogen-bond donors (Lipinski definition) is 0. The number of aromatic nitrogens is 3. The highest BCUT2D eigenvalue weighted by molar-refractivity contribution is 9.10. The fourth-order valence-electron chi connectivity index (χ4n) is 2.80. The number of carbonyl (C=O) groups excluding carboxylic acids is 1. The van der Waals surface area contributed by atoms with Crippen molar-refractivity contribution < 1.29 is 9.21 Å². The van der Waals surface area contributed by atoms with Crippen LogP contribution in [0, 0.1) is 0 Å². The van der Waals surface area contributed by atoms with Gasteiger partial charge in [-0.2, -0.15) is 0 Å². The first-order valence-corrected chi connectivity index (χ1v) is 11.2. The van der Waals surface area contributed by atoms with E-state index in [2.05, 4.69) is 36.0 Å². The number of piperidine rings is 1. The molecule has 6 nitrogen and oxygen atoms in total. The van der Waals surface area contributed by atoms with E-state index in [0.717, 1.165) is 28.3 Å². The molecule has 9 heteroatoms. The van der Waals surface area contributed by atoms with Gasteiger partial charge in [-0.1, -0.05) is 39.0 Å². The van der Waals surface area contributed by atoms with E-state index in [9.17, 15) is 4.79 Å². The van der Waals surface area contributed by atoms with Crippen molar-refractivity contribution in [3.05, 3.63) is 39.8 Å². The van der Waals surface area contributed by atoms with Gasteiger partial charge in [0.25, 0.3) is 5.22 Å². The minimum absolute atomic E-state index is 0.0316. The molecule has 0 spiro atoms. The number of benzene rings is 1. The number of ketones is 1. The van der Waals surface area contributed by atoms with E-state index < -0.39 is 0 Å². The highest BCUT2D eigenvalue weighted by atomic mass is 79.9. The van der Waals surface area contributed by atoms with Gasteiger partial charge in [0.1, 0.15) is 0 Å². The second-order valence-corrected chi connectivity index (χ2v) is 9.00. The molecular weight excluding hydrogens is 448 g/mol. The van der Waals surface area contributed by atoms with Crippen molar-refractivity contribution >= 4 is 49.9 Å². The Morgan fingerprint density at radius 1 is 1.19 bits per heavy atom. The summed E-state index contributed by atoms with van der Waals surface area (Å²) in [7, 11) is 0. The lowest BCUT2D eigenvalue weighted by Crippen LogP contribution is -2.29. The van der Waals surface area contributed by atoms with E-state index in [4.69, 9.17) is 4.42 Å². The molecule has 2 aromatic heterocycles. The number of thioether (sulfide) groups is 1. The summed E-state index contributed by atoms with van der Waals surface area (Å²) in [6.45, 7) is 2.05. The molecule has 0 atom stereocenters. The Kier molecular flexibility index (Phi) is 5.89. The van der Waals surface area contributed by atoms with Gasteiger partial charge in [-0.3, -0.25) is 4.79 Å². The number of carbonyl (C=O) groups is 1. The summed E-state index contributed by atoms with van der Waals surface area (Å²) < 4.78 is 6.63. The van der Waals surface area contributed by atoms with Crippen LogP contribution < -0.4 is 4.90 Å². The lowest BCUT2D eigenvalue weighted by atomic mass is 10.1. The van der Waals surface area contributed by atoms with E-state index in [-0.39, 0.29) is 11.5 Å². The van der Waals surface area contributed by atoms with Gasteiger partial charge in [0.2, 0.25) is 5.89 Å². The summed E-state index contributed by atoms with van der Waals surface area (Å²) in [5, 5.41) is 9.41. The Hall–Kier alpha value is -1.71. The van der Waals surface area contributed by atoms with Crippen LogP contribution in [0.3, 0.4) is 0 Å². The number of rotatable bonds is 6. The second kappa shape index (κ2) is 8.53. The lowest BCUT2D eigenvalue weighted by Gasteiger charge is -2.25. The highest BCUT2D eigenvalue weighted by Crippen LogP contribution is 2.28. The van der Waals surface area contributed by atoms with Crippen molar-refractivity contribution in [2.75, 3.05) is 23.7 Å².